The second kappa shape index (κ2) is 51.2. The van der Waals surface area contributed by atoms with Crippen LogP contribution < -0.4 is 0 Å². The van der Waals surface area contributed by atoms with Crippen LogP contribution in [0.5, 0.6) is 0 Å². The molecule has 0 heterocycles. The van der Waals surface area contributed by atoms with E-state index in [0.717, 1.165) is 116 Å². The van der Waals surface area contributed by atoms with Crippen molar-refractivity contribution in [1.82, 2.24) is 0 Å². The summed E-state index contributed by atoms with van der Waals surface area (Å²) >= 11 is 0. The van der Waals surface area contributed by atoms with E-state index in [1.807, 2.05) is 12.2 Å². The Bertz CT molecular complexity index is 1430. The third-order valence-corrected chi connectivity index (χ3v) is 9.88. The molecule has 0 radical (unpaired) electrons. The molecule has 0 aromatic heterocycles. The van der Waals surface area contributed by atoms with Gasteiger partial charge in [0.25, 0.3) is 0 Å². The Morgan fingerprint density at radius 3 is 1.08 bits per heavy atom. The van der Waals surface area contributed by atoms with Gasteiger partial charge < -0.3 is 14.2 Å². The van der Waals surface area contributed by atoms with Crippen molar-refractivity contribution in [3.05, 3.63) is 134 Å². The topological polar surface area (TPSA) is 78.9 Å². The highest BCUT2D eigenvalue weighted by molar-refractivity contribution is 5.71. The summed E-state index contributed by atoms with van der Waals surface area (Å²) in [6.45, 7) is 6.24. The van der Waals surface area contributed by atoms with Crippen LogP contribution in [0.4, 0.5) is 0 Å². The molecule has 0 aliphatic rings. The van der Waals surface area contributed by atoms with Gasteiger partial charge in [-0.1, -0.05) is 193 Å². The van der Waals surface area contributed by atoms with E-state index in [1.54, 1.807) is 0 Å². The maximum atomic E-state index is 12.8. The molecular weight excluding hydrogens is 793 g/mol. The summed E-state index contributed by atoms with van der Waals surface area (Å²) in [7, 11) is 0. The lowest BCUT2D eigenvalue weighted by atomic mass is 10.1. The summed E-state index contributed by atoms with van der Waals surface area (Å²) < 4.78 is 16.7. The fraction of sp³-hybridized carbons (Fsp3) is 0.569. The molecule has 0 saturated heterocycles. The van der Waals surface area contributed by atoms with Crippen LogP contribution in [-0.4, -0.2) is 37.2 Å². The molecule has 6 heteroatoms. The maximum Gasteiger partial charge on any atom is 0.306 e. The smallest absolute Gasteiger partial charge is 0.306 e. The second-order valence-corrected chi connectivity index (χ2v) is 16.0. The van der Waals surface area contributed by atoms with Crippen LogP contribution in [0.25, 0.3) is 0 Å². The zero-order chi connectivity index (χ0) is 46.5. The number of ether oxygens (including phenoxy) is 3. The molecule has 0 saturated carbocycles. The zero-order valence-electron chi connectivity index (χ0n) is 40.7. The zero-order valence-corrected chi connectivity index (χ0v) is 40.7. The average molecular weight is 883 g/mol. The van der Waals surface area contributed by atoms with Crippen molar-refractivity contribution in [1.29, 1.82) is 0 Å². The minimum Gasteiger partial charge on any atom is -0.462 e. The van der Waals surface area contributed by atoms with Gasteiger partial charge in [0.15, 0.2) is 6.10 Å². The van der Waals surface area contributed by atoms with Crippen LogP contribution in [0.2, 0.25) is 0 Å². The van der Waals surface area contributed by atoms with Gasteiger partial charge in [0.2, 0.25) is 0 Å². The third-order valence-electron chi connectivity index (χ3n) is 9.88. The molecule has 0 aromatic rings. The van der Waals surface area contributed by atoms with Crippen LogP contribution >= 0.6 is 0 Å². The van der Waals surface area contributed by atoms with E-state index in [1.165, 1.54) is 25.7 Å². The Hall–Kier alpha value is -4.45. The summed E-state index contributed by atoms with van der Waals surface area (Å²) in [5.74, 6) is -1.06. The van der Waals surface area contributed by atoms with Crippen molar-refractivity contribution in [2.24, 2.45) is 0 Å². The molecule has 1 unspecified atom stereocenters. The van der Waals surface area contributed by atoms with E-state index >= 15 is 0 Å². The monoisotopic (exact) mass is 883 g/mol. The molecule has 6 nitrogen and oxygen atoms in total. The summed E-state index contributed by atoms with van der Waals surface area (Å²) in [6, 6.07) is 0. The van der Waals surface area contributed by atoms with Gasteiger partial charge in [-0.15, -0.1) is 0 Å². The number of esters is 3. The summed E-state index contributed by atoms with van der Waals surface area (Å²) in [5, 5.41) is 0. The molecular formula is C58H90O6. The van der Waals surface area contributed by atoms with Gasteiger partial charge in [0.05, 0.1) is 0 Å². The van der Waals surface area contributed by atoms with Crippen LogP contribution in [0.15, 0.2) is 134 Å². The van der Waals surface area contributed by atoms with Crippen LogP contribution in [-0.2, 0) is 28.6 Å². The van der Waals surface area contributed by atoms with Crippen LogP contribution in [0.3, 0.4) is 0 Å². The fourth-order valence-corrected chi connectivity index (χ4v) is 6.14. The normalized spacial score (nSPS) is 13.2. The number of carbonyl (C=O) groups excluding carboxylic acids is 3. The molecule has 358 valence electrons. The highest BCUT2D eigenvalue weighted by atomic mass is 16.6. The molecule has 64 heavy (non-hydrogen) atoms. The van der Waals surface area contributed by atoms with Gasteiger partial charge in [-0.05, 0) is 116 Å². The minimum absolute atomic E-state index is 0.124. The van der Waals surface area contributed by atoms with Crippen molar-refractivity contribution in [2.75, 3.05) is 13.2 Å². The van der Waals surface area contributed by atoms with Gasteiger partial charge in [0, 0.05) is 19.3 Å². The predicted octanol–water partition coefficient (Wildman–Crippen LogP) is 16.7. The fourth-order valence-electron chi connectivity index (χ4n) is 6.14. The molecule has 0 amide bonds. The average Bonchev–Trinajstić information content (AvgIpc) is 3.29. The number of carbonyl (C=O) groups is 3. The van der Waals surface area contributed by atoms with Gasteiger partial charge in [-0.2, -0.15) is 0 Å². The first-order chi connectivity index (χ1) is 31.5. The third kappa shape index (κ3) is 48.6. The lowest BCUT2D eigenvalue weighted by Gasteiger charge is -2.18. The molecule has 0 rings (SSSR count). The molecule has 0 bridgehead atoms. The van der Waals surface area contributed by atoms with Crippen molar-refractivity contribution in [3.8, 4) is 0 Å². The van der Waals surface area contributed by atoms with E-state index in [-0.39, 0.29) is 44.0 Å². The van der Waals surface area contributed by atoms with Gasteiger partial charge in [0.1, 0.15) is 13.2 Å². The SMILES string of the molecule is CC/C=C\C/C=C\C/C=C\C/C=C\C/C=C\C/C=C\CCC(=O)OCC(COC(=O)CCCCCCC/C=C\CCCC)OC(=O)CCCCC/C=C\C/C=C\C/C=C\C/C=C\CC. The molecule has 0 spiro atoms. The highest BCUT2D eigenvalue weighted by Gasteiger charge is 2.19. The molecule has 1 atom stereocenters. The number of unbranched alkanes of at least 4 members (excludes halogenated alkanes) is 10. The van der Waals surface area contributed by atoms with Crippen LogP contribution in [0.1, 0.15) is 194 Å². The quantitative estimate of drug-likeness (QED) is 0.0263. The van der Waals surface area contributed by atoms with Gasteiger partial charge in [-0.3, -0.25) is 14.4 Å². The summed E-state index contributed by atoms with van der Waals surface area (Å²) in [5.41, 5.74) is 0. The van der Waals surface area contributed by atoms with Crippen molar-refractivity contribution >= 4 is 17.9 Å². The van der Waals surface area contributed by atoms with Crippen LogP contribution in [0, 0.1) is 0 Å². The Labute approximate surface area is 392 Å². The standard InChI is InChI=1S/C58H90O6/c1-4-7-10-13-16-19-22-24-26-28-29-30-32-33-36-39-42-45-48-51-57(60)63-54-55(53-62-56(59)50-47-44-41-38-35-21-18-15-12-9-6-3)64-58(61)52-49-46-43-40-37-34-31-27-25-23-20-17-14-11-8-5-2/h7-8,10-11,15-20,24-27,29-30,33-34,36-37,42,45,55H,4-6,9,12-14,21-23,28,31-32,35,38-41,43-44,46-54H2,1-3H3/b10-7-,11-8-,18-15-,19-16-,20-17-,26-24-,27-25-,30-29-,36-33-,37-34-,45-42-. The highest BCUT2D eigenvalue weighted by Crippen LogP contribution is 2.11. The summed E-state index contributed by atoms with van der Waals surface area (Å²) in [4.78, 5) is 37.9. The van der Waals surface area contributed by atoms with Crippen molar-refractivity contribution in [3.63, 3.8) is 0 Å². The number of allylic oxidation sites excluding steroid dienone is 22. The number of rotatable bonds is 43. The van der Waals surface area contributed by atoms with E-state index in [2.05, 4.69) is 142 Å². The van der Waals surface area contributed by atoms with Crippen molar-refractivity contribution < 1.29 is 28.6 Å². The van der Waals surface area contributed by atoms with Crippen molar-refractivity contribution in [2.45, 2.75) is 200 Å². The van der Waals surface area contributed by atoms with E-state index in [9.17, 15) is 14.4 Å². The molecule has 0 aromatic carbocycles. The second-order valence-electron chi connectivity index (χ2n) is 16.0. The molecule has 0 aliphatic carbocycles. The first kappa shape index (κ1) is 59.5. The molecule has 0 aliphatic heterocycles. The first-order valence-electron chi connectivity index (χ1n) is 25.2. The lowest BCUT2D eigenvalue weighted by molar-refractivity contribution is -0.166. The van der Waals surface area contributed by atoms with E-state index in [4.69, 9.17) is 14.2 Å². The number of hydrogen-bond acceptors (Lipinski definition) is 6. The lowest BCUT2D eigenvalue weighted by Crippen LogP contribution is -2.30. The number of hydrogen-bond donors (Lipinski definition) is 0. The molecule has 0 N–H and O–H groups in total. The van der Waals surface area contributed by atoms with E-state index < -0.39 is 6.10 Å². The largest absolute Gasteiger partial charge is 0.462 e. The Morgan fingerprint density at radius 1 is 0.328 bits per heavy atom. The Balaban J connectivity index is 4.58. The first-order valence-corrected chi connectivity index (χ1v) is 25.2. The van der Waals surface area contributed by atoms with Gasteiger partial charge >= 0.3 is 17.9 Å². The predicted molar refractivity (Wildman–Crippen MR) is 274 cm³/mol. The van der Waals surface area contributed by atoms with E-state index in [0.29, 0.717) is 19.3 Å². The summed E-state index contributed by atoms with van der Waals surface area (Å²) in [6.07, 6.45) is 71.6. The maximum absolute atomic E-state index is 12.8. The Morgan fingerprint density at radius 2 is 0.641 bits per heavy atom. The van der Waals surface area contributed by atoms with Gasteiger partial charge in [-0.25, -0.2) is 0 Å². The minimum atomic E-state index is -0.832. The molecule has 0 fully saturated rings. The Kier molecular flexibility index (Phi) is 47.6.